The molecule has 0 amide bonds. The van der Waals surface area contributed by atoms with Crippen molar-refractivity contribution in [2.24, 2.45) is 0 Å². The Morgan fingerprint density at radius 2 is 2.24 bits per heavy atom. The minimum absolute atomic E-state index is 0.341. The second-order valence-corrected chi connectivity index (χ2v) is 5.81. The van der Waals surface area contributed by atoms with E-state index in [1.807, 2.05) is 12.1 Å². The highest BCUT2D eigenvalue weighted by molar-refractivity contribution is 5.34. The zero-order chi connectivity index (χ0) is 11.9. The predicted octanol–water partition coefficient (Wildman–Crippen LogP) is 2.91. The molecule has 2 fully saturated rings. The fourth-order valence-electron chi connectivity index (χ4n) is 3.75. The summed E-state index contributed by atoms with van der Waals surface area (Å²) in [5.74, 6) is 0.415. The van der Waals surface area contributed by atoms with Gasteiger partial charge in [-0.3, -0.25) is 0 Å². The van der Waals surface area contributed by atoms with Crippen molar-refractivity contribution in [3.05, 3.63) is 29.8 Å². The molecule has 1 saturated heterocycles. The van der Waals surface area contributed by atoms with Gasteiger partial charge in [-0.15, -0.1) is 0 Å². The summed E-state index contributed by atoms with van der Waals surface area (Å²) in [6.45, 7) is 1.19. The van der Waals surface area contributed by atoms with Gasteiger partial charge in [0, 0.05) is 6.04 Å². The number of hydrogen-bond donors (Lipinski definition) is 1. The van der Waals surface area contributed by atoms with E-state index >= 15 is 0 Å². The van der Waals surface area contributed by atoms with Gasteiger partial charge in [-0.1, -0.05) is 18.6 Å². The molecule has 17 heavy (non-hydrogen) atoms. The number of nitrogens with zero attached hydrogens (tertiary/aromatic N) is 1. The molecule has 2 heteroatoms. The molecule has 3 rings (SSSR count). The van der Waals surface area contributed by atoms with Crippen LogP contribution in [-0.2, 0) is 5.41 Å². The molecule has 0 unspecified atom stereocenters. The lowest BCUT2D eigenvalue weighted by atomic mass is 9.63. The molecule has 1 N–H and O–H groups in total. The second kappa shape index (κ2) is 4.02. The molecule has 2 atom stereocenters. The van der Waals surface area contributed by atoms with Crippen molar-refractivity contribution >= 4 is 0 Å². The number of benzene rings is 1. The second-order valence-electron chi connectivity index (χ2n) is 5.81. The van der Waals surface area contributed by atoms with Gasteiger partial charge < -0.3 is 10.0 Å². The summed E-state index contributed by atoms with van der Waals surface area (Å²) >= 11 is 0. The molecule has 1 aliphatic carbocycles. The molecule has 92 valence electrons. The van der Waals surface area contributed by atoms with E-state index in [0.717, 1.165) is 6.04 Å². The average molecular weight is 231 g/mol. The number of piperidine rings is 1. The molecule has 0 spiro atoms. The molecule has 1 aromatic carbocycles. The minimum Gasteiger partial charge on any atom is -0.508 e. The van der Waals surface area contributed by atoms with Gasteiger partial charge in [-0.05, 0) is 62.4 Å². The smallest absolute Gasteiger partial charge is 0.115 e. The van der Waals surface area contributed by atoms with Crippen LogP contribution < -0.4 is 0 Å². The molecule has 0 radical (unpaired) electrons. The lowest BCUT2D eigenvalue weighted by molar-refractivity contribution is 0.0719. The van der Waals surface area contributed by atoms with Gasteiger partial charge in [0.15, 0.2) is 0 Å². The van der Waals surface area contributed by atoms with Crippen LogP contribution in [0.2, 0.25) is 0 Å². The van der Waals surface area contributed by atoms with Crippen molar-refractivity contribution in [3.63, 3.8) is 0 Å². The van der Waals surface area contributed by atoms with Crippen LogP contribution in [0.1, 0.15) is 37.7 Å². The molecule has 1 saturated carbocycles. The van der Waals surface area contributed by atoms with E-state index in [1.54, 1.807) is 6.07 Å². The largest absolute Gasteiger partial charge is 0.508 e. The van der Waals surface area contributed by atoms with Crippen molar-refractivity contribution in [1.29, 1.82) is 0 Å². The zero-order valence-electron chi connectivity index (χ0n) is 10.5. The highest BCUT2D eigenvalue weighted by Crippen LogP contribution is 2.46. The van der Waals surface area contributed by atoms with Crippen LogP contribution in [0.15, 0.2) is 24.3 Å². The standard InChI is InChI=1S/C15H21NO/c1-16-9-8-15(7-3-5-13(16)11-15)12-4-2-6-14(17)10-12/h2,4,6,10,13,17H,3,5,7-9,11H2,1H3/t13-,15-/m1/s1. The van der Waals surface area contributed by atoms with E-state index < -0.39 is 0 Å². The number of phenolic OH excluding ortho intramolecular Hbond substituents is 1. The number of aromatic hydroxyl groups is 1. The van der Waals surface area contributed by atoms with Crippen molar-refractivity contribution < 1.29 is 5.11 Å². The fourth-order valence-corrected chi connectivity index (χ4v) is 3.75. The first-order chi connectivity index (χ1) is 8.20. The van der Waals surface area contributed by atoms with Crippen LogP contribution in [0.4, 0.5) is 0 Å². The first-order valence-corrected chi connectivity index (χ1v) is 6.69. The van der Waals surface area contributed by atoms with Gasteiger partial charge in [0.1, 0.15) is 5.75 Å². The molecule has 1 aromatic rings. The van der Waals surface area contributed by atoms with Gasteiger partial charge in [0.2, 0.25) is 0 Å². The van der Waals surface area contributed by atoms with E-state index in [2.05, 4.69) is 18.0 Å². The van der Waals surface area contributed by atoms with E-state index in [-0.39, 0.29) is 0 Å². The highest BCUT2D eigenvalue weighted by atomic mass is 16.3. The summed E-state index contributed by atoms with van der Waals surface area (Å²) in [5, 5.41) is 9.68. The zero-order valence-corrected chi connectivity index (χ0v) is 10.5. The number of hydrogen-bond acceptors (Lipinski definition) is 2. The van der Waals surface area contributed by atoms with Crippen LogP contribution in [0.3, 0.4) is 0 Å². The third-order valence-corrected chi connectivity index (χ3v) is 4.84. The van der Waals surface area contributed by atoms with Crippen molar-refractivity contribution in [3.8, 4) is 5.75 Å². The van der Waals surface area contributed by atoms with Crippen LogP contribution >= 0.6 is 0 Å². The van der Waals surface area contributed by atoms with E-state index in [1.165, 1.54) is 44.2 Å². The number of likely N-dealkylation sites (tertiary alicyclic amines) is 1. The summed E-state index contributed by atoms with van der Waals surface area (Å²) in [5.41, 5.74) is 1.70. The van der Waals surface area contributed by atoms with E-state index in [0.29, 0.717) is 11.2 Å². The molecule has 2 nitrogen and oxygen atoms in total. The van der Waals surface area contributed by atoms with Crippen molar-refractivity contribution in [2.75, 3.05) is 13.6 Å². The third kappa shape index (κ3) is 1.85. The molecule has 0 aromatic heterocycles. The Balaban J connectivity index is 1.95. The van der Waals surface area contributed by atoms with Gasteiger partial charge in [-0.25, -0.2) is 0 Å². The molecule has 1 heterocycles. The first kappa shape index (κ1) is 11.1. The molecule has 2 bridgehead atoms. The Morgan fingerprint density at radius 1 is 1.35 bits per heavy atom. The van der Waals surface area contributed by atoms with Crippen molar-refractivity contribution in [2.45, 2.75) is 43.6 Å². The summed E-state index contributed by atoms with van der Waals surface area (Å²) < 4.78 is 0. The molecular weight excluding hydrogens is 210 g/mol. The monoisotopic (exact) mass is 231 g/mol. The number of rotatable bonds is 1. The maximum Gasteiger partial charge on any atom is 0.115 e. The van der Waals surface area contributed by atoms with E-state index in [4.69, 9.17) is 0 Å². The van der Waals surface area contributed by atoms with Crippen LogP contribution in [-0.4, -0.2) is 29.6 Å². The molecule has 1 aliphatic heterocycles. The van der Waals surface area contributed by atoms with Gasteiger partial charge in [-0.2, -0.15) is 0 Å². The van der Waals surface area contributed by atoms with Gasteiger partial charge in [0.05, 0.1) is 0 Å². The van der Waals surface area contributed by atoms with Gasteiger partial charge >= 0.3 is 0 Å². The number of phenols is 1. The topological polar surface area (TPSA) is 23.5 Å². The summed E-state index contributed by atoms with van der Waals surface area (Å²) in [4.78, 5) is 2.51. The Labute approximate surface area is 103 Å². The predicted molar refractivity (Wildman–Crippen MR) is 69.3 cm³/mol. The van der Waals surface area contributed by atoms with Crippen LogP contribution in [0.25, 0.3) is 0 Å². The average Bonchev–Trinajstić information content (AvgIpc) is 2.35. The lowest BCUT2D eigenvalue weighted by Gasteiger charge is -2.49. The Morgan fingerprint density at radius 3 is 3.06 bits per heavy atom. The lowest BCUT2D eigenvalue weighted by Crippen LogP contribution is -2.50. The minimum atomic E-state index is 0.341. The Bertz CT molecular complexity index is 417. The molecular formula is C15H21NO. The van der Waals surface area contributed by atoms with E-state index in [9.17, 15) is 5.11 Å². The summed E-state index contributed by atoms with van der Waals surface area (Å²) in [6, 6.07) is 8.69. The SMILES string of the molecule is CN1CC[C@]2(c3cccc(O)c3)CCC[C@@H]1C2. The maximum atomic E-state index is 9.68. The normalized spacial score (nSPS) is 33.6. The van der Waals surface area contributed by atoms with Crippen LogP contribution in [0.5, 0.6) is 5.75 Å². The van der Waals surface area contributed by atoms with Crippen molar-refractivity contribution in [1.82, 2.24) is 4.90 Å². The Hall–Kier alpha value is -1.02. The first-order valence-electron chi connectivity index (χ1n) is 6.69. The quantitative estimate of drug-likeness (QED) is 0.803. The third-order valence-electron chi connectivity index (χ3n) is 4.84. The molecule has 2 aliphatic rings. The maximum absolute atomic E-state index is 9.68. The summed E-state index contributed by atoms with van der Waals surface area (Å²) in [7, 11) is 2.25. The van der Waals surface area contributed by atoms with Gasteiger partial charge in [0.25, 0.3) is 0 Å². The Kier molecular flexibility index (Phi) is 2.62. The number of fused-ring (bicyclic) bond motifs is 2. The fraction of sp³-hybridized carbons (Fsp3) is 0.600. The highest BCUT2D eigenvalue weighted by Gasteiger charge is 2.42. The summed E-state index contributed by atoms with van der Waals surface area (Å²) in [6.07, 6.45) is 6.47. The van der Waals surface area contributed by atoms with Crippen LogP contribution in [0, 0.1) is 0 Å².